The fourth-order valence-corrected chi connectivity index (χ4v) is 11.8. The number of fused-ring (bicyclic) bond motifs is 2. The molecule has 4 amide bonds. The summed E-state index contributed by atoms with van der Waals surface area (Å²) in [6.07, 6.45) is 31.5. The highest BCUT2D eigenvalue weighted by atomic mass is 31.2. The Labute approximate surface area is 536 Å². The van der Waals surface area contributed by atoms with Gasteiger partial charge in [0.15, 0.2) is 6.10 Å². The van der Waals surface area contributed by atoms with Crippen molar-refractivity contribution in [2.24, 2.45) is 0 Å². The first-order valence-electron chi connectivity index (χ1n) is 34.1. The van der Waals surface area contributed by atoms with Crippen molar-refractivity contribution in [3.8, 4) is 0 Å². The number of rotatable bonds is 53. The van der Waals surface area contributed by atoms with Gasteiger partial charge in [0, 0.05) is 70.2 Å². The molecule has 1 aliphatic heterocycles. The molecule has 2 aromatic carbocycles. The van der Waals surface area contributed by atoms with Crippen LogP contribution in [-0.4, -0.2) is 125 Å². The summed E-state index contributed by atoms with van der Waals surface area (Å²) < 4.78 is 33.8. The second kappa shape index (κ2) is 46.2. The monoisotopic (exact) mass is 1280 g/mol. The van der Waals surface area contributed by atoms with E-state index in [0.29, 0.717) is 67.8 Å². The van der Waals surface area contributed by atoms with Crippen molar-refractivity contribution in [3.63, 3.8) is 0 Å². The van der Waals surface area contributed by atoms with E-state index in [2.05, 4.69) is 39.8 Å². The highest BCUT2D eigenvalue weighted by molar-refractivity contribution is 7.45. The number of para-hydroxylation sites is 2. The molecule has 1 unspecified atom stereocenters. The smallest absolute Gasteiger partial charge is 0.306 e. The second-order valence-electron chi connectivity index (χ2n) is 24.3. The second-order valence-corrected chi connectivity index (χ2v) is 25.7. The first-order chi connectivity index (χ1) is 43.6. The van der Waals surface area contributed by atoms with Gasteiger partial charge < -0.3 is 59.3 Å². The van der Waals surface area contributed by atoms with E-state index >= 15 is 0 Å². The molecule has 1 aliphatic rings. The number of aromatic nitrogens is 2. The minimum Gasteiger partial charge on any atom is -0.756 e. The number of carbonyl (C=O) groups excluding carboxylic acids is 6. The predicted octanol–water partition coefficient (Wildman–Crippen LogP) is 12.9. The van der Waals surface area contributed by atoms with Crippen LogP contribution in [0.15, 0.2) is 42.5 Å². The maximum atomic E-state index is 13.7. The van der Waals surface area contributed by atoms with E-state index in [9.17, 15) is 48.1 Å². The molecule has 22 heteroatoms. The van der Waals surface area contributed by atoms with Gasteiger partial charge in [0.25, 0.3) is 13.7 Å². The Morgan fingerprint density at radius 3 is 1.79 bits per heavy atom. The first kappa shape index (κ1) is 76.6. The quantitative estimate of drug-likeness (QED) is 0.0199. The molecule has 0 bridgehead atoms. The number of phosphoric ester groups is 1. The van der Waals surface area contributed by atoms with Crippen LogP contribution in [0.2, 0.25) is 0 Å². The third kappa shape index (κ3) is 34.0. The summed E-state index contributed by atoms with van der Waals surface area (Å²) in [5.41, 5.74) is 3.35. The lowest BCUT2D eigenvalue weighted by Gasteiger charge is -2.25. The van der Waals surface area contributed by atoms with Gasteiger partial charge in [-0.2, -0.15) is 0 Å². The molecule has 0 aliphatic carbocycles. The molecule has 0 spiro atoms. The first-order valence-corrected chi connectivity index (χ1v) is 35.6. The van der Waals surface area contributed by atoms with Gasteiger partial charge in [-0.1, -0.05) is 193 Å². The Morgan fingerprint density at radius 1 is 0.678 bits per heavy atom. The number of nitrogens with one attached hydrogen (secondary N) is 4. The molecular formula is C68H109N7O14P-. The van der Waals surface area contributed by atoms with Gasteiger partial charge in [-0.15, -0.1) is 0 Å². The lowest BCUT2D eigenvalue weighted by Crippen LogP contribution is -2.42. The van der Waals surface area contributed by atoms with Gasteiger partial charge in [-0.05, 0) is 61.6 Å². The molecule has 90 heavy (non-hydrogen) atoms. The van der Waals surface area contributed by atoms with Crippen LogP contribution in [0.4, 0.5) is 5.69 Å². The zero-order valence-corrected chi connectivity index (χ0v) is 55.5. The molecule has 2 heterocycles. The van der Waals surface area contributed by atoms with Crippen LogP contribution in [0, 0.1) is 0 Å². The molecule has 506 valence electrons. The zero-order chi connectivity index (χ0) is 65.0. The number of carbonyl (C=O) groups is 7. The van der Waals surface area contributed by atoms with Gasteiger partial charge in [0.1, 0.15) is 18.5 Å². The van der Waals surface area contributed by atoms with Crippen molar-refractivity contribution in [3.05, 3.63) is 59.4 Å². The topological polar surface area (TPSA) is 288 Å². The van der Waals surface area contributed by atoms with Crippen LogP contribution >= 0.6 is 7.82 Å². The number of nitrogens with zero attached hydrogens (tertiary/aromatic N) is 3. The summed E-state index contributed by atoms with van der Waals surface area (Å²) in [5.74, 6) is -2.92. The van der Waals surface area contributed by atoms with Crippen molar-refractivity contribution in [1.82, 2.24) is 30.4 Å². The number of aromatic amines is 1. The van der Waals surface area contributed by atoms with E-state index in [1.807, 2.05) is 24.3 Å². The number of carboxylic acids is 1. The number of esters is 2. The van der Waals surface area contributed by atoms with Crippen LogP contribution in [0.25, 0.3) is 11.0 Å². The van der Waals surface area contributed by atoms with Crippen molar-refractivity contribution < 1.29 is 66.6 Å². The van der Waals surface area contributed by atoms with Crippen LogP contribution < -0.4 is 20.8 Å². The van der Waals surface area contributed by atoms with E-state index < -0.39 is 63.4 Å². The summed E-state index contributed by atoms with van der Waals surface area (Å²) in [7, 11) is -3.26. The maximum absolute atomic E-state index is 13.7. The third-order valence-electron chi connectivity index (χ3n) is 16.2. The molecule has 0 saturated heterocycles. The number of carboxylic acid groups (broad SMARTS) is 1. The summed E-state index contributed by atoms with van der Waals surface area (Å²) >= 11 is 0. The van der Waals surface area contributed by atoms with Crippen molar-refractivity contribution >= 4 is 66.1 Å². The van der Waals surface area contributed by atoms with Crippen LogP contribution in [0.1, 0.15) is 260 Å². The molecule has 0 fully saturated rings. The summed E-state index contributed by atoms with van der Waals surface area (Å²) in [6.45, 7) is 3.94. The Morgan fingerprint density at radius 2 is 1.21 bits per heavy atom. The zero-order valence-electron chi connectivity index (χ0n) is 54.6. The number of hydrogen-bond donors (Lipinski definition) is 5. The van der Waals surface area contributed by atoms with Crippen molar-refractivity contribution in [2.45, 2.75) is 264 Å². The number of hydrogen-bond acceptors (Lipinski definition) is 15. The van der Waals surface area contributed by atoms with Gasteiger partial charge in [0.2, 0.25) is 17.7 Å². The molecule has 0 saturated carbocycles. The largest absolute Gasteiger partial charge is 0.756 e. The molecule has 3 atom stereocenters. The van der Waals surface area contributed by atoms with Gasteiger partial charge in [0.05, 0.1) is 37.2 Å². The molecule has 3 aromatic rings. The fraction of sp³-hybridized carbons (Fsp3) is 0.706. The Bertz CT molecular complexity index is 2590. The molecular weight excluding hydrogens is 1170 g/mol. The Kier molecular flexibility index (Phi) is 39.3. The molecule has 1 aromatic heterocycles. The van der Waals surface area contributed by atoms with Crippen LogP contribution in [-0.2, 0) is 64.9 Å². The minimum atomic E-state index is -4.95. The summed E-state index contributed by atoms with van der Waals surface area (Å²) in [6, 6.07) is 11.7. The number of aliphatic carboxylic acids is 1. The summed E-state index contributed by atoms with van der Waals surface area (Å²) in [5, 5.41) is 18.1. The van der Waals surface area contributed by atoms with Crippen molar-refractivity contribution in [1.29, 1.82) is 0 Å². The average Bonchev–Trinajstić information content (AvgIpc) is 1.79. The average molecular weight is 1280 g/mol. The molecule has 21 nitrogen and oxygen atoms in total. The summed E-state index contributed by atoms with van der Waals surface area (Å²) in [4.78, 5) is 113. The SMILES string of the molecule is CCCCCCCCCCCCCCCC(=O)OC[C@H](COP(=O)([O-])OCCNC(=O)CCC(=O)NCCCCCCN1Cc2cc(C(=O)N(C)Cc3nc4ccccc4[nH]3)ccc2N[C@@H](CC(=O)O)C1=O)OC(=O)CCCCCCCCCCCCCCC. The van der Waals surface area contributed by atoms with Gasteiger partial charge in [-0.3, -0.25) is 38.1 Å². The minimum absolute atomic E-state index is 0.103. The number of benzene rings is 2. The lowest BCUT2D eigenvalue weighted by molar-refractivity contribution is -0.228. The Hall–Kier alpha value is -5.89. The van der Waals surface area contributed by atoms with E-state index in [1.165, 1.54) is 116 Å². The number of anilines is 1. The van der Waals surface area contributed by atoms with E-state index in [1.54, 1.807) is 35.0 Å². The Balaban J connectivity index is 1.10. The molecule has 4 rings (SSSR count). The van der Waals surface area contributed by atoms with Crippen LogP contribution in [0.5, 0.6) is 0 Å². The number of H-pyrrole nitrogens is 1. The van der Waals surface area contributed by atoms with E-state index in [0.717, 1.165) is 56.0 Å². The predicted molar refractivity (Wildman–Crippen MR) is 348 cm³/mol. The molecule has 0 radical (unpaired) electrons. The normalized spacial score (nSPS) is 14.1. The standard InChI is InChI=1S/C68H110N7O14P/c1-4-6-8-10-12-14-16-18-20-22-24-26-30-38-65(80)86-52-56(89-66(81)39-31-27-25-23-21-19-17-15-13-11-9-7-5-2)53-88-90(84,85)87-47-45-70-63(77)43-42-62(76)69-44-34-28-29-35-46-75-50-55-48-54(40-41-57(55)71-60(68(75)83)49-64(78)79)67(82)74(3)51-61-72-58-36-32-33-37-59(58)73-61/h32-33,36-37,40-41,48,56,60,71H,4-31,34-35,38-39,42-47,49-53H2,1-3H3,(H,69,76)(H,70,77)(H,72,73)(H,78,79)(H,84,85)/p-1/t56-,60+/m1/s1. The van der Waals surface area contributed by atoms with Gasteiger partial charge in [-0.25, -0.2) is 4.98 Å². The fourth-order valence-electron chi connectivity index (χ4n) is 11.0. The number of unbranched alkanes of at least 4 members (excludes halogenated alkanes) is 27. The number of ether oxygens (including phenoxy) is 2. The lowest BCUT2D eigenvalue weighted by atomic mass is 10.0. The number of phosphoric acid groups is 1. The van der Waals surface area contributed by atoms with Crippen LogP contribution in [0.3, 0.4) is 0 Å². The maximum Gasteiger partial charge on any atom is 0.306 e. The van der Waals surface area contributed by atoms with E-state index in [4.69, 9.17) is 18.5 Å². The number of amides is 4. The van der Waals surface area contributed by atoms with E-state index in [-0.39, 0.29) is 69.6 Å². The molecule has 5 N–H and O–H groups in total. The number of imidazole rings is 1. The highest BCUT2D eigenvalue weighted by Gasteiger charge is 2.31. The van der Waals surface area contributed by atoms with Crippen molar-refractivity contribution in [2.75, 3.05) is 51.8 Å². The van der Waals surface area contributed by atoms with Gasteiger partial charge >= 0.3 is 17.9 Å². The highest BCUT2D eigenvalue weighted by Crippen LogP contribution is 2.38. The third-order valence-corrected chi connectivity index (χ3v) is 17.2.